The number of hydrogen-bond acceptors (Lipinski definition) is 5. The molecule has 108 valence electrons. The van der Waals surface area contributed by atoms with E-state index in [1.165, 1.54) is 6.07 Å². The molecular weight excluding hydrogens is 262 g/mol. The Morgan fingerprint density at radius 1 is 1.60 bits per heavy atom. The summed E-state index contributed by atoms with van der Waals surface area (Å²) < 4.78 is 5.40. The zero-order valence-corrected chi connectivity index (χ0v) is 11.2. The summed E-state index contributed by atoms with van der Waals surface area (Å²) in [7, 11) is 0. The van der Waals surface area contributed by atoms with E-state index in [0.29, 0.717) is 37.4 Å². The van der Waals surface area contributed by atoms with Crippen LogP contribution in [0.1, 0.15) is 15.9 Å². The molecule has 0 saturated carbocycles. The van der Waals surface area contributed by atoms with Crippen molar-refractivity contribution in [1.82, 2.24) is 4.90 Å². The molecule has 1 aliphatic rings. The SMILES string of the molecule is Cc1ccc(C(=O)N2CCOC(CN)C2)cc1[N+](=O)[O-]. The molecule has 0 aliphatic carbocycles. The van der Waals surface area contributed by atoms with Gasteiger partial charge in [0.1, 0.15) is 0 Å². The predicted octanol–water partition coefficient (Wildman–Crippen LogP) is 0.703. The summed E-state index contributed by atoms with van der Waals surface area (Å²) in [5.41, 5.74) is 6.35. The first kappa shape index (κ1) is 14.4. The van der Waals surface area contributed by atoms with Crippen LogP contribution in [0.5, 0.6) is 0 Å². The maximum Gasteiger partial charge on any atom is 0.273 e. The molecule has 7 nitrogen and oxygen atoms in total. The molecule has 1 saturated heterocycles. The summed E-state index contributed by atoms with van der Waals surface area (Å²) in [6.07, 6.45) is -0.173. The van der Waals surface area contributed by atoms with E-state index in [4.69, 9.17) is 10.5 Å². The van der Waals surface area contributed by atoms with Gasteiger partial charge < -0.3 is 15.4 Å². The van der Waals surface area contributed by atoms with Crippen molar-refractivity contribution in [2.45, 2.75) is 13.0 Å². The van der Waals surface area contributed by atoms with Gasteiger partial charge in [0, 0.05) is 36.8 Å². The summed E-state index contributed by atoms with van der Waals surface area (Å²) >= 11 is 0. The van der Waals surface area contributed by atoms with Crippen molar-refractivity contribution in [2.24, 2.45) is 5.73 Å². The van der Waals surface area contributed by atoms with Crippen LogP contribution in [0.3, 0.4) is 0 Å². The zero-order valence-electron chi connectivity index (χ0n) is 11.2. The number of nitro groups is 1. The lowest BCUT2D eigenvalue weighted by Gasteiger charge is -2.32. The van der Waals surface area contributed by atoms with Crippen molar-refractivity contribution in [1.29, 1.82) is 0 Å². The smallest absolute Gasteiger partial charge is 0.273 e. The van der Waals surface area contributed by atoms with Crippen LogP contribution in [-0.4, -0.2) is 48.1 Å². The first-order valence-corrected chi connectivity index (χ1v) is 6.39. The second-order valence-electron chi connectivity index (χ2n) is 4.74. The molecule has 0 radical (unpaired) electrons. The van der Waals surface area contributed by atoms with E-state index in [1.807, 2.05) is 0 Å². The van der Waals surface area contributed by atoms with E-state index < -0.39 is 4.92 Å². The van der Waals surface area contributed by atoms with Crippen LogP contribution in [-0.2, 0) is 4.74 Å². The fourth-order valence-corrected chi connectivity index (χ4v) is 2.17. The number of hydrogen-bond donors (Lipinski definition) is 1. The third kappa shape index (κ3) is 2.94. The second kappa shape index (κ2) is 5.98. The van der Waals surface area contributed by atoms with Gasteiger partial charge >= 0.3 is 0 Å². The number of aryl methyl sites for hydroxylation is 1. The lowest BCUT2D eigenvalue weighted by Crippen LogP contribution is -2.48. The van der Waals surface area contributed by atoms with Crippen molar-refractivity contribution in [3.8, 4) is 0 Å². The number of carbonyl (C=O) groups is 1. The molecule has 1 amide bonds. The monoisotopic (exact) mass is 279 g/mol. The van der Waals surface area contributed by atoms with Crippen LogP contribution in [0.25, 0.3) is 0 Å². The number of ether oxygens (including phenoxy) is 1. The third-order valence-corrected chi connectivity index (χ3v) is 3.34. The summed E-state index contributed by atoms with van der Waals surface area (Å²) in [4.78, 5) is 24.4. The number of morpholine rings is 1. The fourth-order valence-electron chi connectivity index (χ4n) is 2.17. The van der Waals surface area contributed by atoms with Crippen molar-refractivity contribution >= 4 is 11.6 Å². The molecule has 1 aliphatic heterocycles. The quantitative estimate of drug-likeness (QED) is 0.648. The van der Waals surface area contributed by atoms with Crippen LogP contribution in [0.2, 0.25) is 0 Å². The average molecular weight is 279 g/mol. The average Bonchev–Trinajstić information content (AvgIpc) is 2.46. The third-order valence-electron chi connectivity index (χ3n) is 3.34. The number of amides is 1. The Morgan fingerprint density at radius 3 is 3.00 bits per heavy atom. The molecule has 1 atom stereocenters. The number of benzene rings is 1. The van der Waals surface area contributed by atoms with Crippen molar-refractivity contribution < 1.29 is 14.5 Å². The maximum atomic E-state index is 12.4. The van der Waals surface area contributed by atoms with E-state index in [-0.39, 0.29) is 17.7 Å². The molecule has 1 heterocycles. The van der Waals surface area contributed by atoms with Gasteiger partial charge in [0.25, 0.3) is 11.6 Å². The summed E-state index contributed by atoms with van der Waals surface area (Å²) in [6.45, 7) is 3.30. The molecule has 0 bridgehead atoms. The highest BCUT2D eigenvalue weighted by molar-refractivity contribution is 5.95. The van der Waals surface area contributed by atoms with Crippen molar-refractivity contribution in [2.75, 3.05) is 26.2 Å². The van der Waals surface area contributed by atoms with Gasteiger partial charge in [0.2, 0.25) is 0 Å². The van der Waals surface area contributed by atoms with Gasteiger partial charge in [0.15, 0.2) is 0 Å². The van der Waals surface area contributed by atoms with Crippen molar-refractivity contribution in [3.05, 3.63) is 39.4 Å². The minimum Gasteiger partial charge on any atom is -0.373 e. The van der Waals surface area contributed by atoms with Gasteiger partial charge in [-0.3, -0.25) is 14.9 Å². The maximum absolute atomic E-state index is 12.4. The molecule has 1 unspecified atom stereocenters. The number of nitrogens with two attached hydrogens (primary N) is 1. The highest BCUT2D eigenvalue weighted by Crippen LogP contribution is 2.21. The largest absolute Gasteiger partial charge is 0.373 e. The molecular formula is C13H17N3O4. The highest BCUT2D eigenvalue weighted by Gasteiger charge is 2.25. The van der Waals surface area contributed by atoms with Crippen molar-refractivity contribution in [3.63, 3.8) is 0 Å². The standard InChI is InChI=1S/C13H17N3O4/c1-9-2-3-10(6-12(9)16(18)19)13(17)15-4-5-20-11(7-14)8-15/h2-3,6,11H,4-5,7-8,14H2,1H3. The zero-order chi connectivity index (χ0) is 14.7. The normalized spacial score (nSPS) is 18.9. The van der Waals surface area contributed by atoms with E-state index in [1.54, 1.807) is 24.0 Å². The molecule has 2 rings (SSSR count). The van der Waals surface area contributed by atoms with Gasteiger partial charge in [0.05, 0.1) is 17.6 Å². The van der Waals surface area contributed by atoms with Crippen LogP contribution in [0, 0.1) is 17.0 Å². The lowest BCUT2D eigenvalue weighted by atomic mass is 10.1. The van der Waals surface area contributed by atoms with Gasteiger partial charge in [-0.15, -0.1) is 0 Å². The van der Waals surface area contributed by atoms with E-state index in [9.17, 15) is 14.9 Å². The highest BCUT2D eigenvalue weighted by atomic mass is 16.6. The Labute approximate surface area is 116 Å². The molecule has 1 aromatic carbocycles. The molecule has 1 aromatic rings. The first-order valence-electron chi connectivity index (χ1n) is 6.39. The second-order valence-corrected chi connectivity index (χ2v) is 4.74. The van der Waals surface area contributed by atoms with Crippen LogP contribution < -0.4 is 5.73 Å². The Kier molecular flexibility index (Phi) is 4.31. The molecule has 20 heavy (non-hydrogen) atoms. The Balaban J connectivity index is 2.20. The van der Waals surface area contributed by atoms with E-state index >= 15 is 0 Å². The topological polar surface area (TPSA) is 98.7 Å². The minimum atomic E-state index is -0.478. The molecule has 7 heteroatoms. The molecule has 1 fully saturated rings. The summed E-state index contributed by atoms with van der Waals surface area (Å²) in [5.74, 6) is -0.227. The summed E-state index contributed by atoms with van der Waals surface area (Å²) in [5, 5.41) is 10.9. The minimum absolute atomic E-state index is 0.0421. The summed E-state index contributed by atoms with van der Waals surface area (Å²) in [6, 6.07) is 4.52. The van der Waals surface area contributed by atoms with Gasteiger partial charge in [-0.1, -0.05) is 6.07 Å². The fraction of sp³-hybridized carbons (Fsp3) is 0.462. The Bertz CT molecular complexity index is 532. The number of nitrogens with zero attached hydrogens (tertiary/aromatic N) is 2. The van der Waals surface area contributed by atoms with Crippen LogP contribution in [0.15, 0.2) is 18.2 Å². The molecule has 0 aromatic heterocycles. The number of carbonyl (C=O) groups excluding carboxylic acids is 1. The lowest BCUT2D eigenvalue weighted by molar-refractivity contribution is -0.385. The Morgan fingerprint density at radius 2 is 2.35 bits per heavy atom. The number of rotatable bonds is 3. The number of nitro benzene ring substituents is 1. The van der Waals surface area contributed by atoms with Crippen LogP contribution in [0.4, 0.5) is 5.69 Å². The van der Waals surface area contributed by atoms with E-state index in [2.05, 4.69) is 0 Å². The van der Waals surface area contributed by atoms with E-state index in [0.717, 1.165) is 0 Å². The molecule has 2 N–H and O–H groups in total. The first-order chi connectivity index (χ1) is 9.52. The predicted molar refractivity (Wildman–Crippen MR) is 72.5 cm³/mol. The van der Waals surface area contributed by atoms with Gasteiger partial charge in [-0.05, 0) is 13.0 Å². The van der Waals surface area contributed by atoms with Crippen LogP contribution >= 0.6 is 0 Å². The Hall–Kier alpha value is -1.99. The van der Waals surface area contributed by atoms with Gasteiger partial charge in [-0.2, -0.15) is 0 Å². The molecule has 0 spiro atoms. The van der Waals surface area contributed by atoms with Gasteiger partial charge in [-0.25, -0.2) is 0 Å².